The molecule has 1 aromatic carbocycles. The normalized spacial score (nSPS) is 12.1. The Balaban J connectivity index is 2.04. The van der Waals surface area contributed by atoms with Gasteiger partial charge >= 0.3 is 0 Å². The zero-order chi connectivity index (χ0) is 19.2. The second-order valence-electron chi connectivity index (χ2n) is 6.88. The van der Waals surface area contributed by atoms with Crippen LogP contribution >= 0.6 is 0 Å². The minimum atomic E-state index is -0.0757. The molecule has 0 saturated heterocycles. The Morgan fingerprint density at radius 1 is 1.31 bits per heavy atom. The molecule has 3 N–H and O–H groups in total. The lowest BCUT2D eigenvalue weighted by Gasteiger charge is -2.13. The Kier molecular flexibility index (Phi) is 6.49. The van der Waals surface area contributed by atoms with Crippen LogP contribution < -0.4 is 15.4 Å². The number of hydrogen-bond donors (Lipinski definition) is 3. The Morgan fingerprint density at radius 2 is 2.08 bits per heavy atom. The number of aliphatic imine (C=N–C) groups is 1. The van der Waals surface area contributed by atoms with Crippen LogP contribution in [0, 0.1) is 0 Å². The molecule has 0 saturated carbocycles. The quantitative estimate of drug-likeness (QED) is 0.542. The highest BCUT2D eigenvalue weighted by Crippen LogP contribution is 2.29. The standard InChI is InChI=1S/C19H28N4O3/c1-6-20-18(22-10-13-8-7-9-14(25-5)17(13)24)23-12-16-21-11-15(26-16)19(2,3)4/h7-9,11,24H,6,10,12H2,1-5H3,(H2,20,22,23). The van der Waals surface area contributed by atoms with Crippen molar-refractivity contribution in [1.82, 2.24) is 15.6 Å². The van der Waals surface area contributed by atoms with Gasteiger partial charge in [-0.25, -0.2) is 9.98 Å². The Hall–Kier alpha value is -2.70. The summed E-state index contributed by atoms with van der Waals surface area (Å²) >= 11 is 0. The van der Waals surface area contributed by atoms with Crippen molar-refractivity contribution >= 4 is 5.96 Å². The van der Waals surface area contributed by atoms with Gasteiger partial charge in [0.15, 0.2) is 17.5 Å². The summed E-state index contributed by atoms with van der Waals surface area (Å²) in [5, 5.41) is 16.5. The predicted molar refractivity (Wildman–Crippen MR) is 102 cm³/mol. The van der Waals surface area contributed by atoms with Gasteiger partial charge in [-0.1, -0.05) is 32.9 Å². The Bertz CT molecular complexity index is 747. The molecule has 1 aromatic heterocycles. The average Bonchev–Trinajstić information content (AvgIpc) is 3.08. The first-order chi connectivity index (χ1) is 12.3. The van der Waals surface area contributed by atoms with Gasteiger partial charge in [0, 0.05) is 17.5 Å². The highest BCUT2D eigenvalue weighted by molar-refractivity contribution is 5.79. The van der Waals surface area contributed by atoms with E-state index in [2.05, 4.69) is 41.4 Å². The fourth-order valence-corrected chi connectivity index (χ4v) is 2.26. The monoisotopic (exact) mass is 360 g/mol. The number of aromatic nitrogens is 1. The van der Waals surface area contributed by atoms with Crippen molar-refractivity contribution in [3.63, 3.8) is 0 Å². The van der Waals surface area contributed by atoms with Crippen molar-refractivity contribution < 1.29 is 14.3 Å². The van der Waals surface area contributed by atoms with Crippen molar-refractivity contribution in [3.05, 3.63) is 41.6 Å². The first-order valence-corrected chi connectivity index (χ1v) is 8.67. The topological polar surface area (TPSA) is 91.9 Å². The Labute approximate surface area is 154 Å². The lowest BCUT2D eigenvalue weighted by atomic mass is 9.94. The molecule has 0 fully saturated rings. The molecule has 0 aliphatic carbocycles. The number of hydrogen-bond acceptors (Lipinski definition) is 5. The summed E-state index contributed by atoms with van der Waals surface area (Å²) in [5.41, 5.74) is 0.612. The summed E-state index contributed by atoms with van der Waals surface area (Å²) in [4.78, 5) is 8.80. The predicted octanol–water partition coefficient (Wildman–Crippen LogP) is 2.94. The molecule has 0 aliphatic rings. The molecule has 0 unspecified atom stereocenters. The number of para-hydroxylation sites is 1. The van der Waals surface area contributed by atoms with Crippen LogP contribution in [0.15, 0.2) is 33.8 Å². The van der Waals surface area contributed by atoms with Gasteiger partial charge in [0.2, 0.25) is 5.89 Å². The molecule has 0 aliphatic heterocycles. The third-order valence-corrected chi connectivity index (χ3v) is 3.75. The average molecular weight is 360 g/mol. The van der Waals surface area contributed by atoms with Crippen LogP contribution in [0.4, 0.5) is 0 Å². The van der Waals surface area contributed by atoms with Crippen LogP contribution in [-0.2, 0) is 18.5 Å². The van der Waals surface area contributed by atoms with E-state index in [0.29, 0.717) is 36.3 Å². The minimum Gasteiger partial charge on any atom is -0.504 e. The largest absolute Gasteiger partial charge is 0.504 e. The van der Waals surface area contributed by atoms with Crippen LogP contribution in [0.3, 0.4) is 0 Å². The molecule has 0 amide bonds. The van der Waals surface area contributed by atoms with E-state index in [1.54, 1.807) is 12.3 Å². The van der Waals surface area contributed by atoms with E-state index in [4.69, 9.17) is 9.15 Å². The zero-order valence-electron chi connectivity index (χ0n) is 16.1. The van der Waals surface area contributed by atoms with Crippen LogP contribution in [0.2, 0.25) is 0 Å². The van der Waals surface area contributed by atoms with E-state index in [9.17, 15) is 5.11 Å². The molecule has 0 spiro atoms. The van der Waals surface area contributed by atoms with Gasteiger partial charge in [-0.2, -0.15) is 0 Å². The maximum atomic E-state index is 10.2. The van der Waals surface area contributed by atoms with E-state index >= 15 is 0 Å². The van der Waals surface area contributed by atoms with E-state index in [1.807, 2.05) is 19.1 Å². The lowest BCUT2D eigenvalue weighted by molar-refractivity contribution is 0.370. The van der Waals surface area contributed by atoms with Crippen LogP contribution in [0.5, 0.6) is 11.5 Å². The number of ether oxygens (including phenoxy) is 1. The third-order valence-electron chi connectivity index (χ3n) is 3.75. The summed E-state index contributed by atoms with van der Waals surface area (Å²) in [6.45, 7) is 9.69. The zero-order valence-corrected chi connectivity index (χ0v) is 16.1. The number of nitrogens with zero attached hydrogens (tertiary/aromatic N) is 2. The maximum Gasteiger partial charge on any atom is 0.213 e. The molecule has 26 heavy (non-hydrogen) atoms. The van der Waals surface area contributed by atoms with Crippen LogP contribution in [0.25, 0.3) is 0 Å². The number of rotatable bonds is 6. The molecule has 2 aromatic rings. The van der Waals surface area contributed by atoms with Gasteiger partial charge in [0.25, 0.3) is 0 Å². The van der Waals surface area contributed by atoms with Crippen molar-refractivity contribution in [3.8, 4) is 11.5 Å². The smallest absolute Gasteiger partial charge is 0.213 e. The molecule has 0 bridgehead atoms. The minimum absolute atomic E-state index is 0.0757. The first kappa shape index (κ1) is 19.6. The molecule has 0 atom stereocenters. The SMILES string of the molecule is CCNC(=NCc1cccc(OC)c1O)NCc1ncc(C(C)(C)C)o1. The van der Waals surface area contributed by atoms with Gasteiger partial charge in [-0.3, -0.25) is 0 Å². The number of benzene rings is 1. The second-order valence-corrected chi connectivity index (χ2v) is 6.88. The van der Waals surface area contributed by atoms with E-state index < -0.39 is 0 Å². The van der Waals surface area contributed by atoms with Crippen molar-refractivity contribution in [2.45, 2.75) is 46.2 Å². The van der Waals surface area contributed by atoms with Gasteiger partial charge < -0.3 is 24.9 Å². The Morgan fingerprint density at radius 3 is 2.69 bits per heavy atom. The third kappa shape index (κ3) is 5.15. The van der Waals surface area contributed by atoms with Crippen molar-refractivity contribution in [1.29, 1.82) is 0 Å². The van der Waals surface area contributed by atoms with E-state index in [0.717, 1.165) is 12.3 Å². The number of guanidine groups is 1. The van der Waals surface area contributed by atoms with Gasteiger partial charge in [-0.05, 0) is 13.0 Å². The molecule has 2 rings (SSSR count). The fourth-order valence-electron chi connectivity index (χ4n) is 2.26. The highest BCUT2D eigenvalue weighted by atomic mass is 16.5. The highest BCUT2D eigenvalue weighted by Gasteiger charge is 2.19. The van der Waals surface area contributed by atoms with Crippen LogP contribution in [-0.4, -0.2) is 29.7 Å². The number of oxazole rings is 1. The molecule has 7 nitrogen and oxygen atoms in total. The molecular formula is C19H28N4O3. The van der Waals surface area contributed by atoms with Gasteiger partial charge in [-0.15, -0.1) is 0 Å². The van der Waals surface area contributed by atoms with E-state index in [-0.39, 0.29) is 11.2 Å². The van der Waals surface area contributed by atoms with E-state index in [1.165, 1.54) is 7.11 Å². The number of methoxy groups -OCH3 is 1. The summed E-state index contributed by atoms with van der Waals surface area (Å²) in [7, 11) is 1.52. The van der Waals surface area contributed by atoms with Gasteiger partial charge in [0.1, 0.15) is 5.76 Å². The maximum absolute atomic E-state index is 10.2. The number of phenols is 1. The van der Waals surface area contributed by atoms with Crippen molar-refractivity contribution in [2.75, 3.05) is 13.7 Å². The number of nitrogens with one attached hydrogen (secondary N) is 2. The fraction of sp³-hybridized carbons (Fsp3) is 0.474. The van der Waals surface area contributed by atoms with Crippen LogP contribution in [0.1, 0.15) is 44.9 Å². The van der Waals surface area contributed by atoms with Gasteiger partial charge in [0.05, 0.1) is 26.4 Å². The molecule has 142 valence electrons. The summed E-state index contributed by atoms with van der Waals surface area (Å²) in [6.07, 6.45) is 1.76. The number of aromatic hydroxyl groups is 1. The number of phenolic OH excluding ortho intramolecular Hbond substituents is 1. The molecule has 1 heterocycles. The summed E-state index contributed by atoms with van der Waals surface area (Å²) in [6, 6.07) is 5.35. The van der Waals surface area contributed by atoms with Crippen molar-refractivity contribution in [2.24, 2.45) is 4.99 Å². The lowest BCUT2D eigenvalue weighted by Crippen LogP contribution is -2.36. The second kappa shape index (κ2) is 8.60. The first-order valence-electron chi connectivity index (χ1n) is 8.67. The summed E-state index contributed by atoms with van der Waals surface area (Å²) < 4.78 is 10.9. The summed E-state index contributed by atoms with van der Waals surface area (Å²) in [5.74, 6) is 2.61. The molecular weight excluding hydrogens is 332 g/mol. The molecule has 7 heteroatoms. The molecule has 0 radical (unpaired) electrons.